The molecule has 1 aliphatic rings. The van der Waals surface area contributed by atoms with Crippen molar-refractivity contribution in [3.63, 3.8) is 0 Å². The van der Waals surface area contributed by atoms with Gasteiger partial charge in [0.15, 0.2) is 5.78 Å². The summed E-state index contributed by atoms with van der Waals surface area (Å²) in [4.78, 5) is 13.1. The van der Waals surface area contributed by atoms with Crippen LogP contribution in [0.2, 0.25) is 0 Å². The molecular formula is C17H25NO3. The van der Waals surface area contributed by atoms with Crippen LogP contribution in [0.3, 0.4) is 0 Å². The molecule has 0 spiro atoms. The third-order valence-corrected chi connectivity index (χ3v) is 4.42. The van der Waals surface area contributed by atoms with Crippen molar-refractivity contribution in [2.24, 2.45) is 5.41 Å². The van der Waals surface area contributed by atoms with Crippen molar-refractivity contribution in [1.82, 2.24) is 5.32 Å². The Morgan fingerprint density at radius 1 is 1.24 bits per heavy atom. The normalized spacial score (nSPS) is 17.3. The molecule has 1 saturated heterocycles. The Morgan fingerprint density at radius 3 is 2.52 bits per heavy atom. The molecule has 21 heavy (non-hydrogen) atoms. The molecule has 4 heteroatoms. The van der Waals surface area contributed by atoms with Crippen molar-refractivity contribution in [3.05, 3.63) is 23.8 Å². The predicted molar refractivity (Wildman–Crippen MR) is 83.3 cm³/mol. The molecule has 0 unspecified atom stereocenters. The molecule has 1 aromatic carbocycles. The van der Waals surface area contributed by atoms with Crippen molar-refractivity contribution >= 4 is 5.78 Å². The summed E-state index contributed by atoms with van der Waals surface area (Å²) in [6, 6.07) is 5.45. The molecular weight excluding hydrogens is 266 g/mol. The largest absolute Gasteiger partial charge is 0.497 e. The van der Waals surface area contributed by atoms with Crippen LogP contribution in [0.25, 0.3) is 0 Å². The zero-order valence-electron chi connectivity index (χ0n) is 13.2. The third kappa shape index (κ3) is 3.21. The minimum Gasteiger partial charge on any atom is -0.497 e. The van der Waals surface area contributed by atoms with Gasteiger partial charge in [-0.3, -0.25) is 4.79 Å². The number of Topliss-reactive ketones (excluding diaryl/α,β-unsaturated/α-hetero) is 1. The topological polar surface area (TPSA) is 47.6 Å². The van der Waals surface area contributed by atoms with Crippen LogP contribution in [0.15, 0.2) is 18.2 Å². The van der Waals surface area contributed by atoms with Crippen LogP contribution in [-0.2, 0) is 0 Å². The number of carbonyl (C=O) groups excluding carboxylic acids is 1. The first-order chi connectivity index (χ1) is 10.2. The number of methoxy groups -OCH3 is 2. The first-order valence-corrected chi connectivity index (χ1v) is 7.64. The lowest BCUT2D eigenvalue weighted by Crippen LogP contribution is -2.42. The number of piperidine rings is 1. The highest BCUT2D eigenvalue weighted by Crippen LogP contribution is 2.40. The van der Waals surface area contributed by atoms with Crippen LogP contribution in [0.1, 0.15) is 43.0 Å². The van der Waals surface area contributed by atoms with Gasteiger partial charge >= 0.3 is 0 Å². The Morgan fingerprint density at radius 2 is 1.95 bits per heavy atom. The maximum Gasteiger partial charge on any atom is 0.172 e. The van der Waals surface area contributed by atoms with E-state index in [1.54, 1.807) is 20.3 Å². The van der Waals surface area contributed by atoms with Gasteiger partial charge in [0, 0.05) is 11.5 Å². The summed E-state index contributed by atoms with van der Waals surface area (Å²) in [5.74, 6) is 1.52. The zero-order valence-corrected chi connectivity index (χ0v) is 13.2. The number of hydrogen-bond donors (Lipinski definition) is 1. The Hall–Kier alpha value is -1.55. The molecule has 0 aromatic heterocycles. The number of ether oxygens (including phenoxy) is 2. The fourth-order valence-corrected chi connectivity index (χ4v) is 3.25. The molecule has 0 atom stereocenters. The number of carbonyl (C=O) groups is 1. The molecule has 0 amide bonds. The van der Waals surface area contributed by atoms with E-state index in [0.717, 1.165) is 38.8 Å². The van der Waals surface area contributed by atoms with Gasteiger partial charge in [-0.05, 0) is 44.5 Å². The lowest BCUT2D eigenvalue weighted by molar-refractivity contribution is 0.0701. The van der Waals surface area contributed by atoms with E-state index in [-0.39, 0.29) is 11.2 Å². The highest BCUT2D eigenvalue weighted by Gasteiger charge is 2.40. The van der Waals surface area contributed by atoms with Crippen molar-refractivity contribution in [2.75, 3.05) is 27.3 Å². The van der Waals surface area contributed by atoms with E-state index in [1.165, 1.54) is 0 Å². The summed E-state index contributed by atoms with van der Waals surface area (Å²) >= 11 is 0. The monoisotopic (exact) mass is 291 g/mol. The van der Waals surface area contributed by atoms with Crippen molar-refractivity contribution in [2.45, 2.75) is 32.6 Å². The minimum absolute atomic E-state index is 0.213. The Kier molecular flexibility index (Phi) is 5.23. The van der Waals surface area contributed by atoms with E-state index >= 15 is 0 Å². The van der Waals surface area contributed by atoms with Crippen LogP contribution in [-0.4, -0.2) is 33.1 Å². The smallest absolute Gasteiger partial charge is 0.172 e. The van der Waals surface area contributed by atoms with Crippen molar-refractivity contribution in [1.29, 1.82) is 0 Å². The molecule has 2 rings (SSSR count). The SMILES string of the molecule is CCCC1(C(=O)c2ccc(OC)cc2OC)CCNCC1. The molecule has 116 valence electrons. The van der Waals surface area contributed by atoms with Gasteiger partial charge in [0.05, 0.1) is 19.8 Å². The Labute approximate surface area is 126 Å². The molecule has 0 bridgehead atoms. The lowest BCUT2D eigenvalue weighted by atomic mass is 9.70. The summed E-state index contributed by atoms with van der Waals surface area (Å²) in [7, 11) is 3.21. The molecule has 1 heterocycles. The molecule has 1 N–H and O–H groups in total. The summed E-state index contributed by atoms with van der Waals surface area (Å²) in [6.07, 6.45) is 3.75. The molecule has 0 aliphatic carbocycles. The second-order valence-corrected chi connectivity index (χ2v) is 5.68. The van der Waals surface area contributed by atoms with Crippen LogP contribution < -0.4 is 14.8 Å². The predicted octanol–water partition coefficient (Wildman–Crippen LogP) is 3.06. The van der Waals surface area contributed by atoms with Gasteiger partial charge in [-0.1, -0.05) is 13.3 Å². The van der Waals surface area contributed by atoms with Gasteiger partial charge in [0.25, 0.3) is 0 Å². The molecule has 1 fully saturated rings. The summed E-state index contributed by atoms with van der Waals surface area (Å²) < 4.78 is 10.6. The number of benzene rings is 1. The van der Waals surface area contributed by atoms with Crippen LogP contribution in [0.5, 0.6) is 11.5 Å². The fraction of sp³-hybridized carbons (Fsp3) is 0.588. The standard InChI is InChI=1S/C17H25NO3/c1-4-7-17(8-10-18-11-9-17)16(19)14-6-5-13(20-2)12-15(14)21-3/h5-6,12,18H,4,7-11H2,1-3H3. The van der Waals surface area contributed by atoms with Crippen molar-refractivity contribution in [3.8, 4) is 11.5 Å². The van der Waals surface area contributed by atoms with Gasteiger partial charge in [-0.15, -0.1) is 0 Å². The maximum atomic E-state index is 13.1. The average Bonchev–Trinajstić information content (AvgIpc) is 2.54. The van der Waals surface area contributed by atoms with Gasteiger partial charge in [0.2, 0.25) is 0 Å². The van der Waals surface area contributed by atoms with Crippen LogP contribution in [0, 0.1) is 5.41 Å². The van der Waals surface area contributed by atoms with E-state index in [1.807, 2.05) is 12.1 Å². The third-order valence-electron chi connectivity index (χ3n) is 4.42. The van der Waals surface area contributed by atoms with Gasteiger partial charge in [-0.25, -0.2) is 0 Å². The minimum atomic E-state index is -0.248. The lowest BCUT2D eigenvalue weighted by Gasteiger charge is -2.36. The fourth-order valence-electron chi connectivity index (χ4n) is 3.25. The number of ketones is 1. The van der Waals surface area contributed by atoms with Gasteiger partial charge < -0.3 is 14.8 Å². The Balaban J connectivity index is 2.36. The quantitative estimate of drug-likeness (QED) is 0.818. The van der Waals surface area contributed by atoms with E-state index in [4.69, 9.17) is 9.47 Å². The molecule has 1 aliphatic heterocycles. The van der Waals surface area contributed by atoms with E-state index in [0.29, 0.717) is 17.1 Å². The summed E-state index contributed by atoms with van der Waals surface area (Å²) in [5, 5.41) is 3.35. The zero-order chi connectivity index (χ0) is 15.3. The van der Waals surface area contributed by atoms with Gasteiger partial charge in [-0.2, -0.15) is 0 Å². The average molecular weight is 291 g/mol. The highest BCUT2D eigenvalue weighted by molar-refractivity contribution is 6.03. The van der Waals surface area contributed by atoms with E-state index < -0.39 is 0 Å². The Bertz CT molecular complexity index is 487. The number of rotatable bonds is 6. The first-order valence-electron chi connectivity index (χ1n) is 7.64. The second kappa shape index (κ2) is 6.94. The van der Waals surface area contributed by atoms with Gasteiger partial charge in [0.1, 0.15) is 11.5 Å². The van der Waals surface area contributed by atoms with E-state index in [2.05, 4.69) is 12.2 Å². The maximum absolute atomic E-state index is 13.1. The summed E-state index contributed by atoms with van der Waals surface area (Å²) in [5.41, 5.74) is 0.427. The second-order valence-electron chi connectivity index (χ2n) is 5.68. The highest BCUT2D eigenvalue weighted by atomic mass is 16.5. The number of hydrogen-bond acceptors (Lipinski definition) is 4. The van der Waals surface area contributed by atoms with Crippen LogP contribution in [0.4, 0.5) is 0 Å². The molecule has 4 nitrogen and oxygen atoms in total. The molecule has 0 saturated carbocycles. The number of nitrogens with one attached hydrogen (secondary N) is 1. The summed E-state index contributed by atoms with van der Waals surface area (Å²) in [6.45, 7) is 3.96. The van der Waals surface area contributed by atoms with Crippen LogP contribution >= 0.6 is 0 Å². The van der Waals surface area contributed by atoms with Crippen molar-refractivity contribution < 1.29 is 14.3 Å². The molecule has 1 aromatic rings. The first kappa shape index (κ1) is 15.8. The van der Waals surface area contributed by atoms with E-state index in [9.17, 15) is 4.79 Å². The molecule has 0 radical (unpaired) electrons.